The normalized spacial score (nSPS) is 16.4. The second-order valence-corrected chi connectivity index (χ2v) is 7.22. The SMILES string of the molecule is CC(C)(C)OC(=O)c1ccnc2ccc(N3CCC(F)CC3)cc12. The molecule has 0 spiro atoms. The quantitative estimate of drug-likeness (QED) is 0.777. The number of anilines is 1. The van der Waals surface area contributed by atoms with Crippen molar-refractivity contribution in [3.8, 4) is 0 Å². The van der Waals surface area contributed by atoms with Gasteiger partial charge in [-0.15, -0.1) is 0 Å². The van der Waals surface area contributed by atoms with Crippen LogP contribution in [0.1, 0.15) is 44.0 Å². The molecular weight excluding hydrogens is 307 g/mol. The summed E-state index contributed by atoms with van der Waals surface area (Å²) >= 11 is 0. The number of rotatable bonds is 2. The summed E-state index contributed by atoms with van der Waals surface area (Å²) in [4.78, 5) is 19.0. The molecule has 1 aromatic carbocycles. The molecular formula is C19H23FN2O2. The number of benzene rings is 1. The summed E-state index contributed by atoms with van der Waals surface area (Å²) < 4.78 is 18.9. The fraction of sp³-hybridized carbons (Fsp3) is 0.474. The maximum Gasteiger partial charge on any atom is 0.339 e. The Morgan fingerprint density at radius 3 is 2.62 bits per heavy atom. The van der Waals surface area contributed by atoms with Crippen LogP contribution in [0.25, 0.3) is 10.9 Å². The average Bonchev–Trinajstić information content (AvgIpc) is 2.53. The number of carbonyl (C=O) groups excluding carboxylic acids is 1. The fourth-order valence-electron chi connectivity index (χ4n) is 2.95. The highest BCUT2D eigenvalue weighted by molar-refractivity contribution is 6.04. The van der Waals surface area contributed by atoms with Gasteiger partial charge in [0.1, 0.15) is 11.8 Å². The summed E-state index contributed by atoms with van der Waals surface area (Å²) in [6, 6.07) is 7.53. The number of carbonyl (C=O) groups is 1. The number of fused-ring (bicyclic) bond motifs is 1. The molecule has 3 rings (SSSR count). The van der Waals surface area contributed by atoms with Crippen LogP contribution in [0.4, 0.5) is 10.1 Å². The van der Waals surface area contributed by atoms with Gasteiger partial charge in [-0.25, -0.2) is 9.18 Å². The van der Waals surface area contributed by atoms with Gasteiger partial charge in [0.05, 0.1) is 11.1 Å². The number of hydrogen-bond donors (Lipinski definition) is 0. The Balaban J connectivity index is 1.95. The van der Waals surface area contributed by atoms with Crippen molar-refractivity contribution in [2.24, 2.45) is 0 Å². The topological polar surface area (TPSA) is 42.4 Å². The second kappa shape index (κ2) is 6.38. The zero-order chi connectivity index (χ0) is 17.3. The first kappa shape index (κ1) is 16.7. The lowest BCUT2D eigenvalue weighted by atomic mass is 10.0. The number of alkyl halides is 1. The second-order valence-electron chi connectivity index (χ2n) is 7.22. The van der Waals surface area contributed by atoms with Crippen LogP contribution >= 0.6 is 0 Å². The molecule has 5 heteroatoms. The van der Waals surface area contributed by atoms with E-state index in [2.05, 4.69) is 9.88 Å². The largest absolute Gasteiger partial charge is 0.456 e. The van der Waals surface area contributed by atoms with Crippen molar-refractivity contribution in [2.75, 3.05) is 18.0 Å². The van der Waals surface area contributed by atoms with E-state index in [1.54, 1.807) is 12.3 Å². The third-order valence-corrected chi connectivity index (χ3v) is 4.13. The average molecular weight is 330 g/mol. The Hall–Kier alpha value is -2.17. The number of esters is 1. The van der Waals surface area contributed by atoms with Crippen LogP contribution in [0.5, 0.6) is 0 Å². The molecule has 2 aromatic rings. The maximum absolute atomic E-state index is 13.4. The molecule has 1 aliphatic rings. The van der Waals surface area contributed by atoms with E-state index in [4.69, 9.17) is 4.74 Å². The zero-order valence-corrected chi connectivity index (χ0v) is 14.4. The predicted octanol–water partition coefficient (Wildman–Crippen LogP) is 4.13. The number of ether oxygens (including phenoxy) is 1. The third-order valence-electron chi connectivity index (χ3n) is 4.13. The summed E-state index contributed by atoms with van der Waals surface area (Å²) in [5, 5.41) is 0.770. The van der Waals surface area contributed by atoms with Gasteiger partial charge < -0.3 is 9.64 Å². The lowest BCUT2D eigenvalue weighted by Crippen LogP contribution is -2.34. The number of nitrogens with zero attached hydrogens (tertiary/aromatic N) is 2. The van der Waals surface area contributed by atoms with E-state index >= 15 is 0 Å². The molecule has 24 heavy (non-hydrogen) atoms. The van der Waals surface area contributed by atoms with Crippen molar-refractivity contribution < 1.29 is 13.9 Å². The van der Waals surface area contributed by atoms with Crippen LogP contribution in [0.3, 0.4) is 0 Å². The lowest BCUT2D eigenvalue weighted by molar-refractivity contribution is 0.00718. The van der Waals surface area contributed by atoms with Gasteiger partial charge in [-0.2, -0.15) is 0 Å². The maximum atomic E-state index is 13.4. The van der Waals surface area contributed by atoms with Crippen molar-refractivity contribution in [2.45, 2.75) is 45.4 Å². The fourth-order valence-corrected chi connectivity index (χ4v) is 2.95. The molecule has 4 nitrogen and oxygen atoms in total. The van der Waals surface area contributed by atoms with Crippen LogP contribution in [0.15, 0.2) is 30.5 Å². The molecule has 1 fully saturated rings. The summed E-state index contributed by atoms with van der Waals surface area (Å²) in [6.45, 7) is 6.92. The predicted molar refractivity (Wildman–Crippen MR) is 93.3 cm³/mol. The van der Waals surface area contributed by atoms with E-state index < -0.39 is 11.8 Å². The van der Waals surface area contributed by atoms with Gasteiger partial charge in [-0.1, -0.05) is 0 Å². The van der Waals surface area contributed by atoms with Crippen LogP contribution in [0.2, 0.25) is 0 Å². The minimum absolute atomic E-state index is 0.352. The number of pyridine rings is 1. The summed E-state index contributed by atoms with van der Waals surface area (Å²) in [6.07, 6.45) is 2.00. The number of aromatic nitrogens is 1. The molecule has 1 aromatic heterocycles. The first-order valence-corrected chi connectivity index (χ1v) is 8.34. The Bertz CT molecular complexity index is 747. The molecule has 1 saturated heterocycles. The Morgan fingerprint density at radius 2 is 1.96 bits per heavy atom. The standard InChI is InChI=1S/C19H23FN2O2/c1-19(2,3)24-18(23)15-6-9-21-17-5-4-14(12-16(15)17)22-10-7-13(20)8-11-22/h4-6,9,12-13H,7-8,10-11H2,1-3H3. The number of hydrogen-bond acceptors (Lipinski definition) is 4. The third kappa shape index (κ3) is 3.66. The minimum Gasteiger partial charge on any atom is -0.456 e. The number of halogens is 1. The van der Waals surface area contributed by atoms with Gasteiger partial charge in [-0.3, -0.25) is 4.98 Å². The molecule has 0 atom stereocenters. The molecule has 0 amide bonds. The van der Waals surface area contributed by atoms with Crippen molar-refractivity contribution in [3.05, 3.63) is 36.0 Å². The van der Waals surface area contributed by atoms with Crippen molar-refractivity contribution in [1.29, 1.82) is 0 Å². The van der Waals surface area contributed by atoms with Crippen molar-refractivity contribution in [1.82, 2.24) is 4.98 Å². The first-order valence-electron chi connectivity index (χ1n) is 8.34. The Morgan fingerprint density at radius 1 is 1.25 bits per heavy atom. The van der Waals surface area contributed by atoms with Gasteiger partial charge >= 0.3 is 5.97 Å². The molecule has 0 aliphatic carbocycles. The van der Waals surface area contributed by atoms with Crippen LogP contribution in [0, 0.1) is 0 Å². The highest BCUT2D eigenvalue weighted by Gasteiger charge is 2.22. The molecule has 0 unspecified atom stereocenters. The molecule has 128 valence electrons. The van der Waals surface area contributed by atoms with E-state index in [1.165, 1.54) is 0 Å². The van der Waals surface area contributed by atoms with E-state index in [1.807, 2.05) is 39.0 Å². The van der Waals surface area contributed by atoms with Gasteiger partial charge in [0.15, 0.2) is 0 Å². The highest BCUT2D eigenvalue weighted by atomic mass is 19.1. The number of piperidine rings is 1. The lowest BCUT2D eigenvalue weighted by Gasteiger charge is -2.30. The molecule has 0 N–H and O–H groups in total. The highest BCUT2D eigenvalue weighted by Crippen LogP contribution is 2.27. The van der Waals surface area contributed by atoms with E-state index in [9.17, 15) is 9.18 Å². The van der Waals surface area contributed by atoms with E-state index in [0.717, 1.165) is 16.6 Å². The summed E-state index contributed by atoms with van der Waals surface area (Å²) in [5.41, 5.74) is 1.71. The molecule has 1 aliphatic heterocycles. The monoisotopic (exact) mass is 330 g/mol. The summed E-state index contributed by atoms with van der Waals surface area (Å²) in [5.74, 6) is -0.352. The van der Waals surface area contributed by atoms with E-state index in [-0.39, 0.29) is 5.97 Å². The van der Waals surface area contributed by atoms with Gasteiger partial charge in [0.2, 0.25) is 0 Å². The van der Waals surface area contributed by atoms with Gasteiger partial charge in [-0.05, 0) is 57.9 Å². The van der Waals surface area contributed by atoms with Crippen LogP contribution in [-0.2, 0) is 4.74 Å². The molecule has 0 saturated carbocycles. The van der Waals surface area contributed by atoms with E-state index in [0.29, 0.717) is 31.5 Å². The first-order chi connectivity index (χ1) is 11.3. The van der Waals surface area contributed by atoms with Crippen LogP contribution in [-0.4, -0.2) is 35.8 Å². The molecule has 0 radical (unpaired) electrons. The van der Waals surface area contributed by atoms with Crippen molar-refractivity contribution >= 4 is 22.6 Å². The Labute approximate surface area is 141 Å². The minimum atomic E-state index is -0.708. The zero-order valence-electron chi connectivity index (χ0n) is 14.4. The summed E-state index contributed by atoms with van der Waals surface area (Å²) in [7, 11) is 0. The molecule has 2 heterocycles. The van der Waals surface area contributed by atoms with Crippen LogP contribution < -0.4 is 4.90 Å². The smallest absolute Gasteiger partial charge is 0.339 e. The van der Waals surface area contributed by atoms with Gasteiger partial charge in [0.25, 0.3) is 0 Å². The Kier molecular flexibility index (Phi) is 4.43. The van der Waals surface area contributed by atoms with Crippen molar-refractivity contribution in [3.63, 3.8) is 0 Å². The molecule has 0 bridgehead atoms. The van der Waals surface area contributed by atoms with Gasteiger partial charge in [0, 0.05) is 30.4 Å².